The molecule has 2 heterocycles. The van der Waals surface area contributed by atoms with E-state index in [4.69, 9.17) is 4.74 Å². The third kappa shape index (κ3) is 4.26. The first-order valence-electron chi connectivity index (χ1n) is 8.96. The Morgan fingerprint density at radius 3 is 2.48 bits per heavy atom. The highest BCUT2D eigenvalue weighted by Crippen LogP contribution is 2.26. The van der Waals surface area contributed by atoms with Crippen LogP contribution in [0, 0.1) is 11.3 Å². The Hall–Kier alpha value is -2.92. The maximum Gasteiger partial charge on any atom is 0.245 e. The van der Waals surface area contributed by atoms with E-state index in [0.29, 0.717) is 38.1 Å². The fraction of sp³-hybridized carbons (Fsp3) is 0.474. The molecule has 3 rings (SSSR count). The van der Waals surface area contributed by atoms with Crippen molar-refractivity contribution in [3.05, 3.63) is 36.2 Å². The van der Waals surface area contributed by atoms with E-state index in [0.717, 1.165) is 5.69 Å². The van der Waals surface area contributed by atoms with Crippen molar-refractivity contribution < 1.29 is 9.53 Å². The maximum atomic E-state index is 12.7. The van der Waals surface area contributed by atoms with Crippen LogP contribution in [0.25, 0.3) is 5.69 Å². The number of nitrogens with zero attached hydrogens (tertiary/aromatic N) is 5. The molecule has 1 saturated heterocycles. The number of rotatable bonds is 4. The first-order valence-corrected chi connectivity index (χ1v) is 8.96. The molecule has 8 heteroatoms. The lowest BCUT2D eigenvalue weighted by Gasteiger charge is -2.28. The summed E-state index contributed by atoms with van der Waals surface area (Å²) in [7, 11) is 0. The summed E-state index contributed by atoms with van der Waals surface area (Å²) in [5.41, 5.74) is 0.361. The molecule has 0 radical (unpaired) electrons. The molecule has 1 atom stereocenters. The molecule has 0 aliphatic carbocycles. The molecule has 142 valence electrons. The molecule has 1 aliphatic heterocycles. The minimum absolute atomic E-state index is 0.312. The lowest BCUT2D eigenvalue weighted by atomic mass is 10.0. The van der Waals surface area contributed by atoms with Gasteiger partial charge in [-0.05, 0) is 32.9 Å². The largest absolute Gasteiger partial charge is 0.378 e. The summed E-state index contributed by atoms with van der Waals surface area (Å²) in [6.07, 6.45) is 0. The molecule has 1 aromatic heterocycles. The monoisotopic (exact) mass is 368 g/mol. The third-order valence-corrected chi connectivity index (χ3v) is 4.13. The van der Waals surface area contributed by atoms with Crippen molar-refractivity contribution in [2.45, 2.75) is 32.2 Å². The molecule has 0 bridgehead atoms. The van der Waals surface area contributed by atoms with Gasteiger partial charge in [0, 0.05) is 18.6 Å². The Labute approximate surface area is 158 Å². The van der Waals surface area contributed by atoms with Crippen molar-refractivity contribution in [2.24, 2.45) is 0 Å². The molecule has 0 spiro atoms. The van der Waals surface area contributed by atoms with E-state index in [1.54, 1.807) is 4.57 Å². The number of aromatic nitrogens is 3. The highest BCUT2D eigenvalue weighted by Gasteiger charge is 2.32. The average molecular weight is 368 g/mol. The number of carbonyl (C=O) groups excluding carboxylic acids is 1. The van der Waals surface area contributed by atoms with Crippen molar-refractivity contribution in [2.75, 3.05) is 31.2 Å². The first kappa shape index (κ1) is 18.9. The molecular formula is C19H24N6O2. The summed E-state index contributed by atoms with van der Waals surface area (Å²) < 4.78 is 7.21. The van der Waals surface area contributed by atoms with E-state index in [9.17, 15) is 10.1 Å². The molecule has 27 heavy (non-hydrogen) atoms. The van der Waals surface area contributed by atoms with Gasteiger partial charge in [0.1, 0.15) is 0 Å². The number of morpholine rings is 1. The van der Waals surface area contributed by atoms with Gasteiger partial charge in [-0.2, -0.15) is 5.26 Å². The van der Waals surface area contributed by atoms with E-state index < -0.39 is 11.5 Å². The molecule has 1 unspecified atom stereocenters. The molecule has 1 aliphatic rings. The number of ether oxygens (including phenoxy) is 1. The molecule has 0 saturated carbocycles. The van der Waals surface area contributed by atoms with Crippen LogP contribution < -0.4 is 10.2 Å². The quantitative estimate of drug-likeness (QED) is 0.881. The van der Waals surface area contributed by atoms with E-state index in [1.165, 1.54) is 0 Å². The lowest BCUT2D eigenvalue weighted by molar-refractivity contribution is -0.122. The highest BCUT2D eigenvalue weighted by atomic mass is 16.5. The highest BCUT2D eigenvalue weighted by molar-refractivity contribution is 5.86. The number of benzene rings is 1. The Balaban J connectivity index is 2.05. The summed E-state index contributed by atoms with van der Waals surface area (Å²) in [5.74, 6) is -0.523. The number of nitriles is 1. The van der Waals surface area contributed by atoms with Crippen LogP contribution in [0.1, 0.15) is 32.5 Å². The Kier molecular flexibility index (Phi) is 5.42. The molecule has 8 nitrogen and oxygen atoms in total. The van der Waals surface area contributed by atoms with E-state index in [1.807, 2.05) is 51.1 Å². The minimum Gasteiger partial charge on any atom is -0.378 e. The summed E-state index contributed by atoms with van der Waals surface area (Å²) in [6, 6.07) is 11.6. The van der Waals surface area contributed by atoms with Crippen molar-refractivity contribution in [1.29, 1.82) is 5.26 Å². The topological polar surface area (TPSA) is 96.1 Å². The fourth-order valence-corrected chi connectivity index (χ4v) is 2.94. The summed E-state index contributed by atoms with van der Waals surface area (Å²) >= 11 is 0. The number of anilines is 1. The number of nitrogens with one attached hydrogen (secondary N) is 1. The van der Waals surface area contributed by atoms with Gasteiger partial charge in [0.25, 0.3) is 0 Å². The van der Waals surface area contributed by atoms with Gasteiger partial charge < -0.3 is 15.0 Å². The van der Waals surface area contributed by atoms with E-state index in [2.05, 4.69) is 26.5 Å². The summed E-state index contributed by atoms with van der Waals surface area (Å²) in [4.78, 5) is 14.8. The van der Waals surface area contributed by atoms with Crippen LogP contribution in [-0.4, -0.2) is 52.5 Å². The number of para-hydroxylation sites is 1. The zero-order valence-corrected chi connectivity index (χ0v) is 15.8. The molecule has 1 aromatic carbocycles. The second-order valence-electron chi connectivity index (χ2n) is 7.43. The third-order valence-electron chi connectivity index (χ3n) is 4.13. The van der Waals surface area contributed by atoms with Gasteiger partial charge in [-0.25, -0.2) is 0 Å². The van der Waals surface area contributed by atoms with Gasteiger partial charge in [0.15, 0.2) is 11.7 Å². The van der Waals surface area contributed by atoms with Gasteiger partial charge in [0.05, 0.1) is 25.0 Å². The smallest absolute Gasteiger partial charge is 0.245 e. The molecular weight excluding hydrogens is 344 g/mol. The molecule has 1 amide bonds. The van der Waals surface area contributed by atoms with Crippen molar-refractivity contribution in [1.82, 2.24) is 20.1 Å². The Morgan fingerprint density at radius 1 is 1.22 bits per heavy atom. The second-order valence-corrected chi connectivity index (χ2v) is 7.43. The van der Waals surface area contributed by atoms with Crippen molar-refractivity contribution >= 4 is 11.9 Å². The fourth-order valence-electron chi connectivity index (χ4n) is 2.94. The predicted octanol–water partition coefficient (Wildman–Crippen LogP) is 1.63. The van der Waals surface area contributed by atoms with Crippen LogP contribution in [0.4, 0.5) is 5.95 Å². The average Bonchev–Trinajstić information content (AvgIpc) is 3.07. The van der Waals surface area contributed by atoms with Gasteiger partial charge >= 0.3 is 0 Å². The van der Waals surface area contributed by atoms with E-state index >= 15 is 0 Å². The van der Waals surface area contributed by atoms with Gasteiger partial charge in [-0.3, -0.25) is 9.36 Å². The zero-order valence-electron chi connectivity index (χ0n) is 15.8. The number of amides is 1. The van der Waals surface area contributed by atoms with Crippen LogP contribution in [0.15, 0.2) is 30.3 Å². The number of hydrogen-bond acceptors (Lipinski definition) is 6. The minimum atomic E-state index is -1.06. The lowest BCUT2D eigenvalue weighted by Crippen LogP contribution is -2.43. The zero-order chi connectivity index (χ0) is 19.4. The standard InChI is InChI=1S/C19H24N6O2/c1-19(2,3)21-17(26)15(13-20)16-22-23-18(24-9-11-27-12-10-24)25(16)14-7-5-4-6-8-14/h4-8,15H,9-12H2,1-3H3,(H,21,26). The van der Waals surface area contributed by atoms with Gasteiger partial charge in [-0.1, -0.05) is 18.2 Å². The maximum absolute atomic E-state index is 12.7. The van der Waals surface area contributed by atoms with Crippen LogP contribution in [-0.2, 0) is 9.53 Å². The SMILES string of the molecule is CC(C)(C)NC(=O)C(C#N)c1nnc(N2CCOCC2)n1-c1ccccc1. The van der Waals surface area contributed by atoms with Crippen LogP contribution in [0.5, 0.6) is 0 Å². The number of carbonyl (C=O) groups is 1. The van der Waals surface area contributed by atoms with E-state index in [-0.39, 0.29) is 5.91 Å². The summed E-state index contributed by atoms with van der Waals surface area (Å²) in [6.45, 7) is 8.18. The van der Waals surface area contributed by atoms with Crippen molar-refractivity contribution in [3.63, 3.8) is 0 Å². The van der Waals surface area contributed by atoms with Crippen LogP contribution in [0.2, 0.25) is 0 Å². The van der Waals surface area contributed by atoms with Gasteiger partial charge in [-0.15, -0.1) is 10.2 Å². The first-order chi connectivity index (χ1) is 12.9. The molecule has 2 aromatic rings. The Bertz CT molecular complexity index is 828. The van der Waals surface area contributed by atoms with Crippen LogP contribution >= 0.6 is 0 Å². The predicted molar refractivity (Wildman–Crippen MR) is 101 cm³/mol. The molecule has 1 N–H and O–H groups in total. The second kappa shape index (κ2) is 7.76. The summed E-state index contributed by atoms with van der Waals surface area (Å²) in [5, 5.41) is 21.1. The number of hydrogen-bond donors (Lipinski definition) is 1. The van der Waals surface area contributed by atoms with Crippen LogP contribution in [0.3, 0.4) is 0 Å². The van der Waals surface area contributed by atoms with Crippen molar-refractivity contribution in [3.8, 4) is 11.8 Å². The molecule has 1 fully saturated rings. The Morgan fingerprint density at radius 2 is 1.89 bits per heavy atom. The normalized spacial score (nSPS) is 15.9. The van der Waals surface area contributed by atoms with Gasteiger partial charge in [0.2, 0.25) is 11.9 Å².